The molecule has 0 saturated carbocycles. The monoisotopic (exact) mass is 327 g/mol. The van der Waals surface area contributed by atoms with E-state index in [-0.39, 0.29) is 11.9 Å². The molecule has 0 radical (unpaired) electrons. The molecule has 0 saturated heterocycles. The van der Waals surface area contributed by atoms with Crippen molar-refractivity contribution in [3.8, 4) is 5.75 Å². The number of benzene rings is 1. The zero-order valence-corrected chi connectivity index (χ0v) is 14.4. The molecular weight excluding hydrogens is 301 g/mol. The molecule has 6 heteroatoms. The van der Waals surface area contributed by atoms with Gasteiger partial charge in [-0.2, -0.15) is 11.8 Å². The molecule has 0 heterocycles. The first kappa shape index (κ1) is 18.6. The lowest BCUT2D eigenvalue weighted by molar-refractivity contribution is 0.191. The Morgan fingerprint density at radius 3 is 2.77 bits per heavy atom. The van der Waals surface area contributed by atoms with Gasteiger partial charge < -0.3 is 15.4 Å². The van der Waals surface area contributed by atoms with Crippen molar-refractivity contribution in [3.63, 3.8) is 0 Å². The van der Waals surface area contributed by atoms with Gasteiger partial charge in [0.2, 0.25) is 0 Å². The maximum atomic E-state index is 13.6. The van der Waals surface area contributed by atoms with Gasteiger partial charge >= 0.3 is 0 Å². The highest BCUT2D eigenvalue weighted by Crippen LogP contribution is 2.17. The van der Waals surface area contributed by atoms with E-state index in [0.29, 0.717) is 12.3 Å². The van der Waals surface area contributed by atoms with Crippen molar-refractivity contribution in [2.75, 3.05) is 32.1 Å². The third kappa shape index (κ3) is 7.02. The summed E-state index contributed by atoms with van der Waals surface area (Å²) >= 11 is 1.83. The van der Waals surface area contributed by atoms with E-state index in [1.54, 1.807) is 25.2 Å². The lowest BCUT2D eigenvalue weighted by Gasteiger charge is -2.20. The fraction of sp³-hybridized carbons (Fsp3) is 0.562. The van der Waals surface area contributed by atoms with E-state index in [4.69, 9.17) is 4.74 Å². The van der Waals surface area contributed by atoms with Crippen molar-refractivity contribution in [1.29, 1.82) is 0 Å². The number of thioether (sulfide) groups is 1. The molecule has 22 heavy (non-hydrogen) atoms. The van der Waals surface area contributed by atoms with E-state index in [9.17, 15) is 4.39 Å². The summed E-state index contributed by atoms with van der Waals surface area (Å²) in [4.78, 5) is 4.17. The van der Waals surface area contributed by atoms with Crippen molar-refractivity contribution in [1.82, 2.24) is 10.6 Å². The average molecular weight is 327 g/mol. The number of hydrogen-bond acceptors (Lipinski definition) is 3. The maximum Gasteiger partial charge on any atom is 0.191 e. The predicted molar refractivity (Wildman–Crippen MR) is 93.5 cm³/mol. The second kappa shape index (κ2) is 11.2. The lowest BCUT2D eigenvalue weighted by atomic mass is 10.2. The number of rotatable bonds is 9. The average Bonchev–Trinajstić information content (AvgIpc) is 2.54. The van der Waals surface area contributed by atoms with Gasteiger partial charge in [0.1, 0.15) is 6.10 Å². The van der Waals surface area contributed by atoms with Gasteiger partial charge in [-0.05, 0) is 37.0 Å². The van der Waals surface area contributed by atoms with Crippen LogP contribution >= 0.6 is 11.8 Å². The molecule has 0 aliphatic carbocycles. The van der Waals surface area contributed by atoms with E-state index >= 15 is 0 Å². The smallest absolute Gasteiger partial charge is 0.191 e. The van der Waals surface area contributed by atoms with Gasteiger partial charge in [-0.1, -0.05) is 19.1 Å². The second-order valence-corrected chi connectivity index (χ2v) is 5.79. The number of nitrogens with one attached hydrogen (secondary N) is 2. The molecule has 4 nitrogen and oxygen atoms in total. The molecule has 0 aliphatic rings. The van der Waals surface area contributed by atoms with E-state index in [1.807, 2.05) is 18.7 Å². The summed E-state index contributed by atoms with van der Waals surface area (Å²) < 4.78 is 19.3. The molecule has 0 fully saturated rings. The van der Waals surface area contributed by atoms with Crippen molar-refractivity contribution in [2.45, 2.75) is 25.9 Å². The molecule has 1 aromatic rings. The minimum Gasteiger partial charge on any atom is -0.486 e. The van der Waals surface area contributed by atoms with Crippen molar-refractivity contribution < 1.29 is 9.13 Å². The molecule has 0 bridgehead atoms. The highest BCUT2D eigenvalue weighted by atomic mass is 32.2. The molecule has 1 unspecified atom stereocenters. The molecule has 1 aromatic carbocycles. The topological polar surface area (TPSA) is 45.7 Å². The molecule has 0 aromatic heterocycles. The van der Waals surface area contributed by atoms with Gasteiger partial charge in [-0.3, -0.25) is 4.99 Å². The number of hydrogen-bond donors (Lipinski definition) is 2. The molecule has 2 N–H and O–H groups in total. The first-order chi connectivity index (χ1) is 10.7. The van der Waals surface area contributed by atoms with E-state index in [0.717, 1.165) is 31.1 Å². The summed E-state index contributed by atoms with van der Waals surface area (Å²) in [5, 5.41) is 6.48. The summed E-state index contributed by atoms with van der Waals surface area (Å²) in [5.74, 6) is 1.83. The first-order valence-corrected chi connectivity index (χ1v) is 8.95. The zero-order valence-electron chi connectivity index (χ0n) is 13.6. The van der Waals surface area contributed by atoms with Gasteiger partial charge in [-0.25, -0.2) is 4.39 Å². The first-order valence-electron chi connectivity index (χ1n) is 7.55. The Morgan fingerprint density at radius 1 is 1.36 bits per heavy atom. The minimum absolute atomic E-state index is 0.110. The van der Waals surface area contributed by atoms with Crippen LogP contribution in [0.2, 0.25) is 0 Å². The van der Waals surface area contributed by atoms with E-state index in [2.05, 4.69) is 21.9 Å². The molecule has 1 rings (SSSR count). The zero-order chi connectivity index (χ0) is 16.2. The summed E-state index contributed by atoms with van der Waals surface area (Å²) in [6, 6.07) is 6.47. The minimum atomic E-state index is -0.333. The quantitative estimate of drug-likeness (QED) is 0.416. The normalized spacial score (nSPS) is 12.8. The number of nitrogens with zero attached hydrogens (tertiary/aromatic N) is 1. The Bertz CT molecular complexity index is 457. The van der Waals surface area contributed by atoms with Gasteiger partial charge in [0.25, 0.3) is 0 Å². The largest absolute Gasteiger partial charge is 0.486 e. The van der Waals surface area contributed by atoms with Crippen LogP contribution in [0.3, 0.4) is 0 Å². The summed E-state index contributed by atoms with van der Waals surface area (Å²) in [7, 11) is 1.74. The molecule has 0 spiro atoms. The van der Waals surface area contributed by atoms with Crippen LogP contribution in [-0.4, -0.2) is 44.2 Å². The van der Waals surface area contributed by atoms with Crippen LogP contribution in [0.25, 0.3) is 0 Å². The van der Waals surface area contributed by atoms with Crippen LogP contribution in [0.4, 0.5) is 4.39 Å². The maximum absolute atomic E-state index is 13.6. The van der Waals surface area contributed by atoms with E-state index < -0.39 is 0 Å². The fourth-order valence-electron chi connectivity index (χ4n) is 1.84. The highest BCUT2D eigenvalue weighted by Gasteiger charge is 2.11. The van der Waals surface area contributed by atoms with Gasteiger partial charge in [0, 0.05) is 13.6 Å². The SMILES string of the molecule is CCC(CNC(=NC)NCCCSC)Oc1ccccc1F. The van der Waals surface area contributed by atoms with Gasteiger partial charge in [-0.15, -0.1) is 0 Å². The van der Waals surface area contributed by atoms with Crippen LogP contribution in [0.1, 0.15) is 19.8 Å². The number of aliphatic imine (C=N–C) groups is 1. The Balaban J connectivity index is 2.40. The van der Waals surface area contributed by atoms with Crippen LogP contribution in [-0.2, 0) is 0 Å². The molecule has 1 atom stereocenters. The molecule has 0 amide bonds. The summed E-state index contributed by atoms with van der Waals surface area (Å²) in [6.45, 7) is 3.47. The Morgan fingerprint density at radius 2 is 2.14 bits per heavy atom. The predicted octanol–water partition coefficient (Wildman–Crippen LogP) is 2.90. The van der Waals surface area contributed by atoms with Gasteiger partial charge in [0.15, 0.2) is 17.5 Å². The van der Waals surface area contributed by atoms with Crippen molar-refractivity contribution in [3.05, 3.63) is 30.1 Å². The van der Waals surface area contributed by atoms with Crippen LogP contribution < -0.4 is 15.4 Å². The highest BCUT2D eigenvalue weighted by molar-refractivity contribution is 7.98. The Hall–Kier alpha value is -1.43. The second-order valence-electron chi connectivity index (χ2n) is 4.80. The number of para-hydroxylation sites is 1. The standard InChI is InChI=1S/C16H26FN3OS/c1-4-13(21-15-9-6-5-8-14(15)17)12-20-16(18-2)19-10-7-11-22-3/h5-6,8-9,13H,4,7,10-12H2,1-3H3,(H2,18,19,20). The summed E-state index contributed by atoms with van der Waals surface area (Å²) in [5.41, 5.74) is 0. The van der Waals surface area contributed by atoms with Crippen LogP contribution in [0.15, 0.2) is 29.3 Å². The number of guanidine groups is 1. The molecular formula is C16H26FN3OS. The molecule has 124 valence electrons. The van der Waals surface area contributed by atoms with Crippen LogP contribution in [0.5, 0.6) is 5.75 Å². The molecule has 0 aliphatic heterocycles. The van der Waals surface area contributed by atoms with Gasteiger partial charge in [0.05, 0.1) is 6.54 Å². The van der Waals surface area contributed by atoms with Crippen LogP contribution in [0, 0.1) is 5.82 Å². The third-order valence-corrected chi connectivity index (χ3v) is 3.82. The van der Waals surface area contributed by atoms with E-state index in [1.165, 1.54) is 6.07 Å². The number of ether oxygens (including phenoxy) is 1. The Labute approximate surface area is 136 Å². The Kier molecular flexibility index (Phi) is 9.46. The fourth-order valence-corrected chi connectivity index (χ4v) is 2.28. The van der Waals surface area contributed by atoms with Crippen molar-refractivity contribution >= 4 is 17.7 Å². The third-order valence-electron chi connectivity index (χ3n) is 3.12. The van der Waals surface area contributed by atoms with Crippen molar-refractivity contribution in [2.24, 2.45) is 4.99 Å². The summed E-state index contributed by atoms with van der Waals surface area (Å²) in [6.07, 6.45) is 3.86. The lowest BCUT2D eigenvalue weighted by Crippen LogP contribution is -2.42. The number of halogens is 1.